The Bertz CT molecular complexity index is 780. The fourth-order valence-corrected chi connectivity index (χ4v) is 3.05. The molecular formula is C16H18FN3OS. The third kappa shape index (κ3) is 2.98. The summed E-state index contributed by atoms with van der Waals surface area (Å²) in [6, 6.07) is 5.37. The first kappa shape index (κ1) is 15.0. The van der Waals surface area contributed by atoms with Gasteiger partial charge in [-0.2, -0.15) is 4.39 Å². The molecule has 0 saturated carbocycles. The van der Waals surface area contributed by atoms with Crippen LogP contribution in [0.1, 0.15) is 23.1 Å². The van der Waals surface area contributed by atoms with Crippen molar-refractivity contribution in [2.75, 3.05) is 5.32 Å². The van der Waals surface area contributed by atoms with E-state index >= 15 is 0 Å². The number of anilines is 1. The molecule has 22 heavy (non-hydrogen) atoms. The quantitative estimate of drug-likeness (QED) is 0.701. The number of halogens is 1. The molecule has 0 bridgehead atoms. The van der Waals surface area contributed by atoms with E-state index in [1.807, 2.05) is 31.4 Å². The number of hydrogen-bond acceptors (Lipinski definition) is 5. The van der Waals surface area contributed by atoms with Crippen LogP contribution in [0, 0.1) is 12.9 Å². The van der Waals surface area contributed by atoms with Crippen molar-refractivity contribution >= 4 is 28.1 Å². The number of thiophene rings is 1. The van der Waals surface area contributed by atoms with Crippen molar-refractivity contribution in [3.63, 3.8) is 0 Å². The van der Waals surface area contributed by atoms with E-state index in [4.69, 9.17) is 10.2 Å². The summed E-state index contributed by atoms with van der Waals surface area (Å²) in [6.07, 6.45) is 0.605. The maximum Gasteiger partial charge on any atom is 0.215 e. The lowest BCUT2D eigenvalue weighted by atomic mass is 10.1. The highest BCUT2D eigenvalue weighted by atomic mass is 32.1. The van der Waals surface area contributed by atoms with Gasteiger partial charge in [-0.25, -0.2) is 4.98 Å². The van der Waals surface area contributed by atoms with Crippen molar-refractivity contribution < 1.29 is 8.81 Å². The molecule has 0 aliphatic heterocycles. The molecule has 0 unspecified atom stereocenters. The minimum Gasteiger partial charge on any atom is -0.457 e. The van der Waals surface area contributed by atoms with Crippen molar-refractivity contribution in [1.82, 2.24) is 4.98 Å². The lowest BCUT2D eigenvalue weighted by molar-refractivity contribution is 0.521. The van der Waals surface area contributed by atoms with Gasteiger partial charge in [0.05, 0.1) is 5.69 Å². The molecule has 0 aliphatic carbocycles. The summed E-state index contributed by atoms with van der Waals surface area (Å²) in [6.45, 7) is 4.42. The fourth-order valence-electron chi connectivity index (χ4n) is 2.41. The Labute approximate surface area is 132 Å². The van der Waals surface area contributed by atoms with Crippen LogP contribution in [0.3, 0.4) is 0 Å². The summed E-state index contributed by atoms with van der Waals surface area (Å²) in [7, 11) is 0. The standard InChI is InChI=1S/C16H18FN3OS/c1-9(18)6-13-10(2)15-16(21-13)12(7-14(17)20-15)19-8-11-4-3-5-22-11/h3-5,7,9H,6,8,18H2,1-2H3,(H,19,20)/t9-/m0/s1. The number of rotatable bonds is 5. The molecule has 0 aromatic carbocycles. The number of pyridine rings is 1. The number of aryl methyl sites for hydroxylation is 1. The zero-order valence-corrected chi connectivity index (χ0v) is 13.3. The van der Waals surface area contributed by atoms with Gasteiger partial charge in [0.1, 0.15) is 11.3 Å². The van der Waals surface area contributed by atoms with E-state index in [0.717, 1.165) is 11.3 Å². The van der Waals surface area contributed by atoms with Gasteiger partial charge in [0.15, 0.2) is 5.58 Å². The lowest BCUT2D eigenvalue weighted by Gasteiger charge is -2.05. The zero-order valence-electron chi connectivity index (χ0n) is 12.5. The molecular weight excluding hydrogens is 301 g/mol. The SMILES string of the molecule is Cc1c(C[C@H](C)N)oc2c(NCc3cccs3)cc(F)nc12. The van der Waals surface area contributed by atoms with Gasteiger partial charge >= 0.3 is 0 Å². The van der Waals surface area contributed by atoms with Crippen LogP contribution in [-0.4, -0.2) is 11.0 Å². The van der Waals surface area contributed by atoms with Gasteiger partial charge in [0.25, 0.3) is 0 Å². The molecule has 116 valence electrons. The maximum atomic E-state index is 13.8. The predicted octanol–water partition coefficient (Wildman–Crippen LogP) is 3.84. The Morgan fingerprint density at radius 2 is 2.32 bits per heavy atom. The van der Waals surface area contributed by atoms with E-state index in [1.165, 1.54) is 10.9 Å². The topological polar surface area (TPSA) is 64.1 Å². The van der Waals surface area contributed by atoms with Gasteiger partial charge in [-0.05, 0) is 25.3 Å². The normalized spacial score (nSPS) is 12.7. The molecule has 0 aliphatic rings. The van der Waals surface area contributed by atoms with Crippen molar-refractivity contribution in [2.45, 2.75) is 32.9 Å². The van der Waals surface area contributed by atoms with Crippen LogP contribution in [0.15, 0.2) is 28.0 Å². The Balaban J connectivity index is 1.98. The van der Waals surface area contributed by atoms with E-state index < -0.39 is 5.95 Å². The summed E-state index contributed by atoms with van der Waals surface area (Å²) in [4.78, 5) is 5.14. The Kier molecular flexibility index (Phi) is 4.13. The van der Waals surface area contributed by atoms with Crippen LogP contribution < -0.4 is 11.1 Å². The second kappa shape index (κ2) is 6.06. The average molecular weight is 319 g/mol. The summed E-state index contributed by atoms with van der Waals surface area (Å²) >= 11 is 1.65. The van der Waals surface area contributed by atoms with E-state index in [-0.39, 0.29) is 6.04 Å². The number of furan rings is 1. The molecule has 0 saturated heterocycles. The van der Waals surface area contributed by atoms with Crippen molar-refractivity contribution in [3.05, 3.63) is 45.7 Å². The third-order valence-electron chi connectivity index (χ3n) is 3.48. The summed E-state index contributed by atoms with van der Waals surface area (Å²) < 4.78 is 19.7. The largest absolute Gasteiger partial charge is 0.457 e. The Hall–Kier alpha value is -1.92. The molecule has 0 amide bonds. The van der Waals surface area contributed by atoms with E-state index in [9.17, 15) is 4.39 Å². The van der Waals surface area contributed by atoms with Crippen LogP contribution in [0.2, 0.25) is 0 Å². The molecule has 4 nitrogen and oxygen atoms in total. The van der Waals surface area contributed by atoms with Crippen LogP contribution in [-0.2, 0) is 13.0 Å². The number of nitrogens with one attached hydrogen (secondary N) is 1. The van der Waals surface area contributed by atoms with Crippen molar-refractivity contribution in [2.24, 2.45) is 5.73 Å². The average Bonchev–Trinajstić information content (AvgIpc) is 3.07. The molecule has 1 atom stereocenters. The minimum absolute atomic E-state index is 0.0216. The molecule has 3 aromatic heterocycles. The van der Waals surface area contributed by atoms with Crippen molar-refractivity contribution in [1.29, 1.82) is 0 Å². The Morgan fingerprint density at radius 1 is 1.50 bits per heavy atom. The fraction of sp³-hybridized carbons (Fsp3) is 0.312. The van der Waals surface area contributed by atoms with Crippen LogP contribution in [0.4, 0.5) is 10.1 Å². The molecule has 3 aromatic rings. The number of aromatic nitrogens is 1. The highest BCUT2D eigenvalue weighted by molar-refractivity contribution is 7.09. The number of nitrogens with two attached hydrogens (primary N) is 1. The predicted molar refractivity (Wildman–Crippen MR) is 87.7 cm³/mol. The monoisotopic (exact) mass is 319 g/mol. The number of hydrogen-bond donors (Lipinski definition) is 2. The third-order valence-corrected chi connectivity index (χ3v) is 4.36. The first-order chi connectivity index (χ1) is 10.5. The van der Waals surface area contributed by atoms with E-state index in [1.54, 1.807) is 11.3 Å². The summed E-state index contributed by atoms with van der Waals surface area (Å²) in [5, 5.41) is 5.24. The van der Waals surface area contributed by atoms with Gasteiger partial charge in [0.2, 0.25) is 5.95 Å². The molecule has 0 radical (unpaired) electrons. The van der Waals surface area contributed by atoms with Gasteiger partial charge < -0.3 is 15.5 Å². The minimum atomic E-state index is -0.516. The maximum absolute atomic E-state index is 13.8. The van der Waals surface area contributed by atoms with E-state index in [2.05, 4.69) is 10.3 Å². The first-order valence-corrected chi connectivity index (χ1v) is 8.03. The molecule has 0 spiro atoms. The summed E-state index contributed by atoms with van der Waals surface area (Å²) in [5.74, 6) is 0.250. The van der Waals surface area contributed by atoms with Gasteiger partial charge in [-0.1, -0.05) is 6.07 Å². The van der Waals surface area contributed by atoms with Gasteiger partial charge in [-0.15, -0.1) is 11.3 Å². The van der Waals surface area contributed by atoms with Gasteiger partial charge in [0, 0.05) is 35.5 Å². The molecule has 3 N–H and O–H groups in total. The van der Waals surface area contributed by atoms with Crippen LogP contribution in [0.25, 0.3) is 11.1 Å². The number of nitrogens with zero attached hydrogens (tertiary/aromatic N) is 1. The highest BCUT2D eigenvalue weighted by Gasteiger charge is 2.17. The lowest BCUT2D eigenvalue weighted by Crippen LogP contribution is -2.17. The second-order valence-corrected chi connectivity index (χ2v) is 6.47. The molecule has 3 heterocycles. The smallest absolute Gasteiger partial charge is 0.215 e. The molecule has 3 rings (SSSR count). The van der Waals surface area contributed by atoms with E-state index in [0.29, 0.717) is 29.8 Å². The zero-order chi connectivity index (χ0) is 15.7. The molecule has 0 fully saturated rings. The first-order valence-electron chi connectivity index (χ1n) is 7.15. The van der Waals surface area contributed by atoms with Crippen LogP contribution in [0.5, 0.6) is 0 Å². The Morgan fingerprint density at radius 3 is 3.00 bits per heavy atom. The highest BCUT2D eigenvalue weighted by Crippen LogP contribution is 2.31. The number of fused-ring (bicyclic) bond motifs is 1. The van der Waals surface area contributed by atoms with Crippen LogP contribution >= 0.6 is 11.3 Å². The second-order valence-electron chi connectivity index (χ2n) is 5.43. The molecule has 6 heteroatoms. The summed E-state index contributed by atoms with van der Waals surface area (Å²) in [5.41, 5.74) is 8.46. The van der Waals surface area contributed by atoms with Crippen molar-refractivity contribution in [3.8, 4) is 0 Å². The van der Waals surface area contributed by atoms with Gasteiger partial charge in [-0.3, -0.25) is 0 Å².